The van der Waals surface area contributed by atoms with Crippen molar-refractivity contribution in [3.63, 3.8) is 0 Å². The van der Waals surface area contributed by atoms with Crippen LogP contribution in [0, 0.1) is 0 Å². The number of H-pyrrole nitrogens is 1. The van der Waals surface area contributed by atoms with E-state index in [0.29, 0.717) is 39.8 Å². The smallest absolute Gasteiger partial charge is 0.322 e. The van der Waals surface area contributed by atoms with Gasteiger partial charge in [-0.2, -0.15) is 0 Å². The monoisotopic (exact) mass is 503 g/mol. The number of fused-ring (bicyclic) bond motifs is 1. The Morgan fingerprint density at radius 3 is 2.16 bits per heavy atom. The summed E-state index contributed by atoms with van der Waals surface area (Å²) in [5.74, 6) is 2.29. The maximum absolute atomic E-state index is 13.5. The Morgan fingerprint density at radius 2 is 1.49 bits per heavy atom. The number of carbonyl (C=O) groups is 1. The molecule has 0 saturated carbocycles. The maximum atomic E-state index is 13.5. The number of rotatable bonds is 9. The minimum Gasteiger partial charge on any atom is -0.497 e. The molecule has 0 saturated heterocycles. The van der Waals surface area contributed by atoms with Crippen LogP contribution in [0.5, 0.6) is 23.0 Å². The minimum absolute atomic E-state index is 0.0621. The lowest BCUT2D eigenvalue weighted by Gasteiger charge is -2.24. The van der Waals surface area contributed by atoms with Crippen LogP contribution in [0.3, 0.4) is 0 Å². The molecule has 37 heavy (non-hydrogen) atoms. The molecule has 4 rings (SSSR count). The van der Waals surface area contributed by atoms with E-state index in [-0.39, 0.29) is 24.7 Å². The van der Waals surface area contributed by atoms with Crippen LogP contribution in [0.4, 0.5) is 10.5 Å². The molecule has 9 heteroatoms. The highest BCUT2D eigenvalue weighted by Crippen LogP contribution is 2.31. The fraction of sp³-hybridized carbons (Fsp3) is 0.214. The first-order chi connectivity index (χ1) is 17.9. The predicted octanol–water partition coefficient (Wildman–Crippen LogP) is 4.80. The zero-order valence-corrected chi connectivity index (χ0v) is 21.2. The van der Waals surface area contributed by atoms with Gasteiger partial charge in [0.05, 0.1) is 46.2 Å². The highest BCUT2D eigenvalue weighted by molar-refractivity contribution is 5.91. The molecule has 9 nitrogen and oxygen atoms in total. The molecule has 0 radical (unpaired) electrons. The fourth-order valence-electron chi connectivity index (χ4n) is 3.99. The summed E-state index contributed by atoms with van der Waals surface area (Å²) in [6.45, 7) is 0.320. The first-order valence-corrected chi connectivity index (χ1v) is 11.6. The van der Waals surface area contributed by atoms with Gasteiger partial charge in [-0.05, 0) is 42.0 Å². The largest absolute Gasteiger partial charge is 0.497 e. The molecule has 3 aromatic carbocycles. The summed E-state index contributed by atoms with van der Waals surface area (Å²) in [6.07, 6.45) is 0. The van der Waals surface area contributed by atoms with Crippen molar-refractivity contribution in [2.24, 2.45) is 0 Å². The molecule has 0 aliphatic carbocycles. The Hall–Kier alpha value is -4.66. The van der Waals surface area contributed by atoms with E-state index in [0.717, 1.165) is 10.9 Å². The SMILES string of the molecule is COc1ccc(CN(Cc2cc3cc(OC)c(OC)cc3[nH]c2=O)C(=O)Nc2ccccc2OC)cc1. The van der Waals surface area contributed by atoms with Gasteiger partial charge < -0.3 is 34.1 Å². The van der Waals surface area contributed by atoms with Gasteiger partial charge in [0.15, 0.2) is 11.5 Å². The molecule has 2 amide bonds. The molecule has 0 spiro atoms. The second-order valence-electron chi connectivity index (χ2n) is 8.25. The van der Waals surface area contributed by atoms with Gasteiger partial charge >= 0.3 is 6.03 Å². The number of aromatic amines is 1. The minimum atomic E-state index is -0.382. The second kappa shape index (κ2) is 11.4. The summed E-state index contributed by atoms with van der Waals surface area (Å²) in [6, 6.07) is 19.4. The third-order valence-electron chi connectivity index (χ3n) is 5.95. The van der Waals surface area contributed by atoms with Crippen LogP contribution >= 0.6 is 0 Å². The molecule has 1 heterocycles. The number of nitrogens with zero attached hydrogens (tertiary/aromatic N) is 1. The molecule has 0 bridgehead atoms. The molecule has 1 aromatic heterocycles. The maximum Gasteiger partial charge on any atom is 0.322 e. The first-order valence-electron chi connectivity index (χ1n) is 11.6. The van der Waals surface area contributed by atoms with Gasteiger partial charge in [-0.1, -0.05) is 24.3 Å². The van der Waals surface area contributed by atoms with Crippen molar-refractivity contribution >= 4 is 22.6 Å². The van der Waals surface area contributed by atoms with Crippen molar-refractivity contribution in [2.45, 2.75) is 13.1 Å². The number of ether oxygens (including phenoxy) is 4. The molecule has 0 fully saturated rings. The van der Waals surface area contributed by atoms with Gasteiger partial charge in [-0.15, -0.1) is 0 Å². The Bertz CT molecular complexity index is 1450. The number of benzene rings is 3. The molecule has 2 N–H and O–H groups in total. The van der Waals surface area contributed by atoms with Crippen LogP contribution in [0.1, 0.15) is 11.1 Å². The van der Waals surface area contributed by atoms with E-state index < -0.39 is 0 Å². The summed E-state index contributed by atoms with van der Waals surface area (Å²) in [7, 11) is 6.22. The van der Waals surface area contributed by atoms with Crippen LogP contribution in [-0.2, 0) is 13.1 Å². The number of nitrogens with one attached hydrogen (secondary N) is 2. The fourth-order valence-corrected chi connectivity index (χ4v) is 3.99. The molecule has 0 aliphatic heterocycles. The molecule has 0 unspecified atom stereocenters. The molecule has 0 atom stereocenters. The number of aromatic nitrogens is 1. The highest BCUT2D eigenvalue weighted by Gasteiger charge is 2.19. The second-order valence-corrected chi connectivity index (χ2v) is 8.25. The molecule has 0 aliphatic rings. The highest BCUT2D eigenvalue weighted by atomic mass is 16.5. The molecule has 192 valence electrons. The number of urea groups is 1. The van der Waals surface area contributed by atoms with E-state index in [4.69, 9.17) is 18.9 Å². The van der Waals surface area contributed by atoms with E-state index in [1.54, 1.807) is 49.5 Å². The van der Waals surface area contributed by atoms with Crippen molar-refractivity contribution in [1.29, 1.82) is 0 Å². The number of amides is 2. The zero-order valence-electron chi connectivity index (χ0n) is 21.2. The lowest BCUT2D eigenvalue weighted by Crippen LogP contribution is -2.35. The van der Waals surface area contributed by atoms with Crippen LogP contribution in [0.2, 0.25) is 0 Å². The summed E-state index contributed by atoms with van der Waals surface area (Å²) in [4.78, 5) is 30.9. The Morgan fingerprint density at radius 1 is 0.811 bits per heavy atom. The van der Waals surface area contributed by atoms with Gasteiger partial charge in [-0.3, -0.25) is 4.79 Å². The average Bonchev–Trinajstić information content (AvgIpc) is 2.92. The summed E-state index contributed by atoms with van der Waals surface area (Å²) in [5.41, 5.74) is 2.12. The topological polar surface area (TPSA) is 102 Å². The van der Waals surface area contributed by atoms with Crippen molar-refractivity contribution in [2.75, 3.05) is 33.8 Å². The molecular weight excluding hydrogens is 474 g/mol. The summed E-state index contributed by atoms with van der Waals surface area (Å²) < 4.78 is 21.4. The van der Waals surface area contributed by atoms with Crippen molar-refractivity contribution in [3.05, 3.63) is 88.2 Å². The van der Waals surface area contributed by atoms with Crippen LogP contribution in [0.15, 0.2) is 71.5 Å². The van der Waals surface area contributed by atoms with Gasteiger partial charge in [0.1, 0.15) is 11.5 Å². The standard InChI is InChI=1S/C28H29N3O6/c1-34-21-11-9-18(10-12-21)16-31(28(33)30-22-7-5-6-8-24(22)35-2)17-20-13-19-14-25(36-3)26(37-4)15-23(19)29-27(20)32/h5-15H,16-17H2,1-4H3,(H,29,32)(H,30,33). The number of hydrogen-bond acceptors (Lipinski definition) is 6. The van der Waals surface area contributed by atoms with Gasteiger partial charge in [0, 0.05) is 23.6 Å². The van der Waals surface area contributed by atoms with Gasteiger partial charge in [0.2, 0.25) is 0 Å². The number of carbonyl (C=O) groups excluding carboxylic acids is 1. The lowest BCUT2D eigenvalue weighted by molar-refractivity contribution is 0.206. The summed E-state index contributed by atoms with van der Waals surface area (Å²) in [5, 5.41) is 3.65. The van der Waals surface area contributed by atoms with E-state index in [1.165, 1.54) is 14.2 Å². The van der Waals surface area contributed by atoms with Gasteiger partial charge in [-0.25, -0.2) is 4.79 Å². The van der Waals surface area contributed by atoms with Crippen molar-refractivity contribution in [1.82, 2.24) is 9.88 Å². The van der Waals surface area contributed by atoms with E-state index in [1.807, 2.05) is 36.4 Å². The normalized spacial score (nSPS) is 10.6. The average molecular weight is 504 g/mol. The number of pyridine rings is 1. The van der Waals surface area contributed by atoms with Crippen LogP contribution in [0.25, 0.3) is 10.9 Å². The Kier molecular flexibility index (Phi) is 7.83. The van der Waals surface area contributed by atoms with E-state index in [9.17, 15) is 9.59 Å². The molecule has 4 aromatic rings. The van der Waals surface area contributed by atoms with Gasteiger partial charge in [0.25, 0.3) is 5.56 Å². The number of hydrogen-bond donors (Lipinski definition) is 2. The van der Waals surface area contributed by atoms with Crippen molar-refractivity contribution < 1.29 is 23.7 Å². The first kappa shape index (κ1) is 25.4. The Balaban J connectivity index is 1.69. The van der Waals surface area contributed by atoms with Crippen LogP contribution < -0.4 is 29.8 Å². The molecular formula is C28H29N3O6. The van der Waals surface area contributed by atoms with Crippen LogP contribution in [-0.4, -0.2) is 44.4 Å². The van der Waals surface area contributed by atoms with Crippen molar-refractivity contribution in [3.8, 4) is 23.0 Å². The predicted molar refractivity (Wildman–Crippen MR) is 142 cm³/mol. The van der Waals surface area contributed by atoms with E-state index >= 15 is 0 Å². The number of anilines is 1. The number of para-hydroxylation sites is 2. The Labute approximate surface area is 214 Å². The van der Waals surface area contributed by atoms with E-state index in [2.05, 4.69) is 10.3 Å². The quantitative estimate of drug-likeness (QED) is 0.340. The third kappa shape index (κ3) is 5.78. The number of methoxy groups -OCH3 is 4. The lowest BCUT2D eigenvalue weighted by atomic mass is 10.1. The zero-order chi connectivity index (χ0) is 26.4. The summed E-state index contributed by atoms with van der Waals surface area (Å²) >= 11 is 0. The third-order valence-corrected chi connectivity index (χ3v) is 5.95.